The molecule has 0 aromatic heterocycles. The number of carboxylic acid groups (broad SMARTS) is 2. The van der Waals surface area contributed by atoms with E-state index in [0.717, 1.165) is 49.3 Å². The number of carbonyl (C=O) groups excluding carboxylic acids is 1. The summed E-state index contributed by atoms with van der Waals surface area (Å²) in [5, 5.41) is 40.7. The second kappa shape index (κ2) is 28.5. The molecule has 0 radical (unpaired) electrons. The number of phenolic OH excluding ortho intramolecular Hbond substituents is 1. The fraction of sp³-hybridized carbons (Fsp3) is 0.632. The van der Waals surface area contributed by atoms with E-state index in [1.165, 1.54) is 121 Å². The quantitative estimate of drug-likeness (QED) is 0.0866. The number of rotatable bonds is 24. The van der Waals surface area contributed by atoms with Gasteiger partial charge < -0.3 is 25.2 Å². The molecule has 0 fully saturated rings. The van der Waals surface area contributed by atoms with Gasteiger partial charge in [-0.15, -0.1) is 5.75 Å². The fourth-order valence-electron chi connectivity index (χ4n) is 5.50. The van der Waals surface area contributed by atoms with E-state index in [9.17, 15) is 24.9 Å². The van der Waals surface area contributed by atoms with E-state index < -0.39 is 11.9 Å². The van der Waals surface area contributed by atoms with Crippen molar-refractivity contribution < 1.29 is 30.0 Å². The molecular weight excluding hydrogens is 592 g/mol. The minimum absolute atomic E-state index is 0. The van der Waals surface area contributed by atoms with Crippen molar-refractivity contribution in [2.75, 3.05) is 0 Å². The Bertz CT molecular complexity index is 971. The van der Waals surface area contributed by atoms with Crippen molar-refractivity contribution in [3.63, 3.8) is 0 Å². The number of phenols is 1. The van der Waals surface area contributed by atoms with Crippen molar-refractivity contribution in [2.45, 2.75) is 155 Å². The molecule has 0 aliphatic heterocycles. The Morgan fingerprint density at radius 2 is 0.933 bits per heavy atom. The summed E-state index contributed by atoms with van der Waals surface area (Å²) in [4.78, 5) is 21.7. The number of unbranched alkanes of at least 4 members (excludes halogenated alkanes) is 18. The van der Waals surface area contributed by atoms with Gasteiger partial charge in [0.25, 0.3) is 0 Å². The van der Waals surface area contributed by atoms with E-state index in [-0.39, 0.29) is 60.4 Å². The number of carbonyl (C=O) groups is 2. The zero-order valence-electron chi connectivity index (χ0n) is 28.3. The van der Waals surface area contributed by atoms with Gasteiger partial charge in [0.2, 0.25) is 0 Å². The van der Waals surface area contributed by atoms with Crippen molar-refractivity contribution in [2.24, 2.45) is 0 Å². The van der Waals surface area contributed by atoms with E-state index in [2.05, 4.69) is 13.8 Å². The van der Waals surface area contributed by atoms with Gasteiger partial charge in [-0.05, 0) is 66.6 Å². The van der Waals surface area contributed by atoms with Crippen molar-refractivity contribution in [1.29, 1.82) is 0 Å². The van der Waals surface area contributed by atoms with Gasteiger partial charge in [-0.1, -0.05) is 142 Å². The predicted octanol–water partition coefficient (Wildman–Crippen LogP) is 8.76. The third-order valence-electron chi connectivity index (χ3n) is 8.06. The number of hydrogen-bond donors (Lipinski definition) is 2. The zero-order valence-corrected chi connectivity index (χ0v) is 30.5. The molecule has 7 heteroatoms. The maximum absolute atomic E-state index is 11.4. The molecule has 0 atom stereocenters. The maximum atomic E-state index is 11.4. The summed E-state index contributed by atoms with van der Waals surface area (Å²) in [5.41, 5.74) is 1.89. The molecule has 0 saturated heterocycles. The van der Waals surface area contributed by atoms with E-state index in [1.54, 1.807) is 18.2 Å². The average Bonchev–Trinajstić information content (AvgIpc) is 2.99. The average molecular weight is 651 g/mol. The third-order valence-corrected chi connectivity index (χ3v) is 8.06. The molecule has 0 heterocycles. The monoisotopic (exact) mass is 650 g/mol. The molecule has 2 aromatic carbocycles. The molecule has 0 amide bonds. The largest absolute Gasteiger partial charge is 2.00 e. The summed E-state index contributed by atoms with van der Waals surface area (Å²) in [7, 11) is 0. The summed E-state index contributed by atoms with van der Waals surface area (Å²) >= 11 is 0. The molecule has 0 unspecified atom stereocenters. The van der Waals surface area contributed by atoms with Gasteiger partial charge >= 0.3 is 43.7 Å². The van der Waals surface area contributed by atoms with Crippen LogP contribution in [0.2, 0.25) is 0 Å². The Morgan fingerprint density at radius 1 is 0.556 bits per heavy atom. The molecule has 2 rings (SSSR count). The molecule has 6 nitrogen and oxygen atoms in total. The predicted molar refractivity (Wildman–Crippen MR) is 182 cm³/mol. The van der Waals surface area contributed by atoms with Crippen LogP contribution < -0.4 is 10.2 Å². The maximum Gasteiger partial charge on any atom is 2.00 e. The van der Waals surface area contributed by atoms with Crippen LogP contribution in [0.25, 0.3) is 0 Å². The minimum atomic E-state index is -1.28. The van der Waals surface area contributed by atoms with Crippen molar-refractivity contribution in [1.82, 2.24) is 0 Å². The molecule has 2 aromatic rings. The number of aryl methyl sites for hydroxylation is 2. The summed E-state index contributed by atoms with van der Waals surface area (Å²) in [6, 6.07) is 8.84. The number of hydrogen-bond acceptors (Lipinski definition) is 5. The molecule has 248 valence electrons. The molecule has 0 saturated carbocycles. The summed E-state index contributed by atoms with van der Waals surface area (Å²) in [5.74, 6) is -2.46. The minimum Gasteiger partial charge on any atom is -0.872 e. The van der Waals surface area contributed by atoms with Gasteiger partial charge in [0, 0.05) is 0 Å². The Kier molecular flexibility index (Phi) is 27.3. The molecule has 0 aliphatic rings. The van der Waals surface area contributed by atoms with Crippen LogP contribution in [0.4, 0.5) is 0 Å². The number of benzene rings is 2. The second-order valence-corrected chi connectivity index (χ2v) is 12.2. The van der Waals surface area contributed by atoms with E-state index >= 15 is 0 Å². The fourth-order valence-corrected chi connectivity index (χ4v) is 5.50. The molecular formula is C38H58CaO6. The Labute approximate surface area is 303 Å². The SMILES string of the molecule is CCCCCCCCCCCCc1cc(O)cc(C(=O)O)c1.CCCCCCCCCCCCc1cc([O-])cc(C(=O)[O-])c1.[Ca+2]. The molecule has 0 bridgehead atoms. The van der Waals surface area contributed by atoms with Crippen molar-refractivity contribution in [3.8, 4) is 11.5 Å². The Morgan fingerprint density at radius 3 is 1.33 bits per heavy atom. The van der Waals surface area contributed by atoms with E-state index in [4.69, 9.17) is 5.11 Å². The molecule has 0 spiro atoms. The van der Waals surface area contributed by atoms with Crippen molar-refractivity contribution in [3.05, 3.63) is 58.7 Å². The summed E-state index contributed by atoms with van der Waals surface area (Å²) in [6.07, 6.45) is 27.1. The van der Waals surface area contributed by atoms with Gasteiger partial charge in [-0.25, -0.2) is 4.79 Å². The van der Waals surface area contributed by atoms with Crippen LogP contribution in [-0.2, 0) is 12.8 Å². The van der Waals surface area contributed by atoms with Gasteiger partial charge in [-0.3, -0.25) is 0 Å². The first-order valence-corrected chi connectivity index (χ1v) is 17.3. The second-order valence-electron chi connectivity index (χ2n) is 12.2. The first-order chi connectivity index (χ1) is 21.3. The molecule has 2 N–H and O–H groups in total. The number of carboxylic acids is 2. The van der Waals surface area contributed by atoms with Crippen LogP contribution in [0.3, 0.4) is 0 Å². The van der Waals surface area contributed by atoms with Gasteiger partial charge in [0.05, 0.1) is 11.5 Å². The van der Waals surface area contributed by atoms with E-state index in [0.29, 0.717) is 0 Å². The molecule has 45 heavy (non-hydrogen) atoms. The standard InChI is InChI=1S/2C19H30O3.Ca/c2*1-2-3-4-5-6-7-8-9-10-11-12-16-13-17(19(21)22)15-18(20)14-16;/h2*13-15,20H,2-12H2,1H3,(H,21,22);/q;;+2/p-2. The van der Waals surface area contributed by atoms with Gasteiger partial charge in [0.1, 0.15) is 5.75 Å². The van der Waals surface area contributed by atoms with Crippen LogP contribution in [-0.4, -0.2) is 59.9 Å². The first-order valence-electron chi connectivity index (χ1n) is 17.3. The Balaban J connectivity index is 0.000000842. The molecule has 0 aliphatic carbocycles. The summed E-state index contributed by atoms with van der Waals surface area (Å²) in [6.45, 7) is 4.48. The third kappa shape index (κ3) is 23.2. The van der Waals surface area contributed by atoms with Crippen LogP contribution in [0.1, 0.15) is 174 Å². The van der Waals surface area contributed by atoms with Crippen LogP contribution in [0.15, 0.2) is 36.4 Å². The normalized spacial score (nSPS) is 10.5. The van der Waals surface area contributed by atoms with E-state index in [1.807, 2.05) is 0 Å². The number of aromatic hydroxyl groups is 1. The zero-order chi connectivity index (χ0) is 32.4. The topological polar surface area (TPSA) is 121 Å². The summed E-state index contributed by atoms with van der Waals surface area (Å²) < 4.78 is 0. The Hall–Kier alpha value is -1.76. The smallest absolute Gasteiger partial charge is 0.872 e. The van der Waals surface area contributed by atoms with Crippen molar-refractivity contribution >= 4 is 49.7 Å². The van der Waals surface area contributed by atoms with Crippen LogP contribution >= 0.6 is 0 Å². The first kappa shape index (κ1) is 43.2. The van der Waals surface area contributed by atoms with Crippen LogP contribution in [0, 0.1) is 0 Å². The number of aromatic carboxylic acids is 2. The van der Waals surface area contributed by atoms with Gasteiger partial charge in [0.15, 0.2) is 0 Å². The van der Waals surface area contributed by atoms with Gasteiger partial charge in [-0.2, -0.15) is 0 Å². The van der Waals surface area contributed by atoms with Crippen LogP contribution in [0.5, 0.6) is 11.5 Å².